The van der Waals surface area contributed by atoms with Crippen molar-refractivity contribution in [3.8, 4) is 0 Å². The first kappa shape index (κ1) is 15.5. The predicted molar refractivity (Wildman–Crippen MR) is 81.6 cm³/mol. The van der Waals surface area contributed by atoms with Gasteiger partial charge in [0.2, 0.25) is 0 Å². The first-order valence-corrected chi connectivity index (χ1v) is 7.62. The fourth-order valence-corrected chi connectivity index (χ4v) is 2.91. The molecular formula is C17H27NO2. The van der Waals surface area contributed by atoms with Gasteiger partial charge >= 0.3 is 0 Å². The molecular weight excluding hydrogens is 250 g/mol. The largest absolute Gasteiger partial charge is 0.389 e. The zero-order valence-corrected chi connectivity index (χ0v) is 12.6. The van der Waals surface area contributed by atoms with Crippen LogP contribution in [-0.2, 0) is 4.74 Å². The minimum Gasteiger partial charge on any atom is -0.389 e. The number of hydrogen-bond donors (Lipinski definition) is 2. The summed E-state index contributed by atoms with van der Waals surface area (Å²) in [7, 11) is 1.72. The highest BCUT2D eigenvalue weighted by atomic mass is 16.5. The zero-order valence-electron chi connectivity index (χ0n) is 12.6. The summed E-state index contributed by atoms with van der Waals surface area (Å²) >= 11 is 0. The third kappa shape index (κ3) is 4.30. The molecule has 1 aromatic carbocycles. The van der Waals surface area contributed by atoms with Crippen LogP contribution in [0.15, 0.2) is 30.3 Å². The minimum atomic E-state index is -0.548. The number of benzene rings is 1. The maximum absolute atomic E-state index is 10.6. The van der Waals surface area contributed by atoms with Crippen LogP contribution in [0.25, 0.3) is 0 Å². The van der Waals surface area contributed by atoms with Crippen molar-refractivity contribution < 1.29 is 9.84 Å². The first-order valence-electron chi connectivity index (χ1n) is 7.62. The number of nitrogens with one attached hydrogen (secondary N) is 1. The average Bonchev–Trinajstić information content (AvgIpc) is 2.48. The van der Waals surface area contributed by atoms with Crippen LogP contribution >= 0.6 is 0 Å². The fraction of sp³-hybridized carbons (Fsp3) is 0.647. The molecule has 0 heterocycles. The van der Waals surface area contributed by atoms with Gasteiger partial charge in [0.05, 0.1) is 18.2 Å². The summed E-state index contributed by atoms with van der Waals surface area (Å²) in [5.41, 5.74) is 0.662. The van der Waals surface area contributed by atoms with Gasteiger partial charge in [-0.15, -0.1) is 0 Å². The van der Waals surface area contributed by atoms with Crippen molar-refractivity contribution >= 4 is 0 Å². The number of aliphatic hydroxyl groups is 1. The van der Waals surface area contributed by atoms with E-state index in [4.69, 9.17) is 4.74 Å². The fourth-order valence-electron chi connectivity index (χ4n) is 2.91. The molecule has 1 saturated carbocycles. The molecule has 0 aliphatic heterocycles. The van der Waals surface area contributed by atoms with Crippen LogP contribution in [0.1, 0.15) is 44.2 Å². The number of hydrogen-bond acceptors (Lipinski definition) is 3. The lowest BCUT2D eigenvalue weighted by atomic mass is 9.79. The van der Waals surface area contributed by atoms with Crippen LogP contribution in [0.3, 0.4) is 0 Å². The van der Waals surface area contributed by atoms with Gasteiger partial charge in [-0.25, -0.2) is 0 Å². The lowest BCUT2D eigenvalue weighted by Gasteiger charge is -2.36. The van der Waals surface area contributed by atoms with Gasteiger partial charge in [-0.3, -0.25) is 0 Å². The van der Waals surface area contributed by atoms with Gasteiger partial charge in [0.15, 0.2) is 0 Å². The number of methoxy groups -OCH3 is 1. The highest BCUT2D eigenvalue weighted by molar-refractivity contribution is 5.19. The van der Waals surface area contributed by atoms with Gasteiger partial charge in [0, 0.05) is 13.7 Å². The SMILES string of the molecule is COCC(NCC1(O)CCC(C)CC1)c1ccccc1. The Labute approximate surface area is 122 Å². The molecule has 3 heteroatoms. The summed E-state index contributed by atoms with van der Waals surface area (Å²) in [6, 6.07) is 10.4. The minimum absolute atomic E-state index is 0.143. The lowest BCUT2D eigenvalue weighted by Crippen LogP contribution is -2.45. The van der Waals surface area contributed by atoms with E-state index < -0.39 is 5.60 Å². The van der Waals surface area contributed by atoms with Crippen LogP contribution in [-0.4, -0.2) is 31.0 Å². The molecule has 0 saturated heterocycles. The van der Waals surface area contributed by atoms with Crippen LogP contribution in [0.4, 0.5) is 0 Å². The quantitative estimate of drug-likeness (QED) is 0.840. The smallest absolute Gasteiger partial charge is 0.0772 e. The Bertz CT molecular complexity index is 385. The van der Waals surface area contributed by atoms with E-state index in [9.17, 15) is 5.11 Å². The van der Waals surface area contributed by atoms with Gasteiger partial charge in [-0.05, 0) is 37.2 Å². The Morgan fingerprint density at radius 2 is 1.95 bits per heavy atom. The van der Waals surface area contributed by atoms with Crippen molar-refractivity contribution in [2.45, 2.75) is 44.2 Å². The van der Waals surface area contributed by atoms with E-state index in [0.29, 0.717) is 13.2 Å². The molecule has 1 fully saturated rings. The van der Waals surface area contributed by atoms with Crippen molar-refractivity contribution in [2.24, 2.45) is 5.92 Å². The van der Waals surface area contributed by atoms with Gasteiger partial charge in [-0.2, -0.15) is 0 Å². The van der Waals surface area contributed by atoms with Crippen molar-refractivity contribution in [3.63, 3.8) is 0 Å². The summed E-state index contributed by atoms with van der Waals surface area (Å²) in [5.74, 6) is 0.749. The van der Waals surface area contributed by atoms with Gasteiger partial charge in [0.25, 0.3) is 0 Å². The van der Waals surface area contributed by atoms with Crippen LogP contribution in [0.5, 0.6) is 0 Å². The molecule has 0 amide bonds. The lowest BCUT2D eigenvalue weighted by molar-refractivity contribution is -0.0103. The van der Waals surface area contributed by atoms with Crippen LogP contribution < -0.4 is 5.32 Å². The van der Waals surface area contributed by atoms with Gasteiger partial charge in [0.1, 0.15) is 0 Å². The molecule has 20 heavy (non-hydrogen) atoms. The van der Waals surface area contributed by atoms with E-state index in [1.807, 2.05) is 18.2 Å². The second-order valence-electron chi connectivity index (χ2n) is 6.21. The predicted octanol–water partition coefficient (Wildman–Crippen LogP) is 2.90. The Balaban J connectivity index is 1.92. The molecule has 0 spiro atoms. The second-order valence-corrected chi connectivity index (χ2v) is 6.21. The summed E-state index contributed by atoms with van der Waals surface area (Å²) in [6.07, 6.45) is 4.04. The molecule has 0 bridgehead atoms. The van der Waals surface area contributed by atoms with E-state index in [2.05, 4.69) is 24.4 Å². The highest BCUT2D eigenvalue weighted by Crippen LogP contribution is 2.31. The van der Waals surface area contributed by atoms with Crippen molar-refractivity contribution in [1.29, 1.82) is 0 Å². The van der Waals surface area contributed by atoms with E-state index in [-0.39, 0.29) is 6.04 Å². The summed E-state index contributed by atoms with van der Waals surface area (Å²) in [4.78, 5) is 0. The monoisotopic (exact) mass is 277 g/mol. The van der Waals surface area contributed by atoms with Crippen LogP contribution in [0, 0.1) is 5.92 Å². The van der Waals surface area contributed by atoms with Gasteiger partial charge < -0.3 is 15.2 Å². The van der Waals surface area contributed by atoms with E-state index in [1.165, 1.54) is 5.56 Å². The summed E-state index contributed by atoms with van der Waals surface area (Å²) < 4.78 is 5.30. The highest BCUT2D eigenvalue weighted by Gasteiger charge is 2.32. The first-order chi connectivity index (χ1) is 9.63. The summed E-state index contributed by atoms with van der Waals surface area (Å²) in [6.45, 7) is 3.53. The zero-order chi connectivity index (χ0) is 14.4. The third-order valence-electron chi connectivity index (χ3n) is 4.42. The molecule has 2 N–H and O–H groups in total. The number of ether oxygens (including phenoxy) is 1. The Kier molecular flexibility index (Phi) is 5.58. The normalized spacial score (nSPS) is 28.2. The average molecular weight is 277 g/mol. The standard InChI is InChI=1S/C17H27NO2/c1-14-8-10-17(19,11-9-14)13-18-16(12-20-2)15-6-4-3-5-7-15/h3-7,14,16,18-19H,8-13H2,1-2H3. The third-order valence-corrected chi connectivity index (χ3v) is 4.42. The van der Waals surface area contributed by atoms with E-state index >= 15 is 0 Å². The maximum Gasteiger partial charge on any atom is 0.0772 e. The number of rotatable bonds is 6. The Hall–Kier alpha value is -0.900. The molecule has 1 atom stereocenters. The van der Waals surface area contributed by atoms with Crippen molar-refractivity contribution in [3.05, 3.63) is 35.9 Å². The maximum atomic E-state index is 10.6. The van der Waals surface area contributed by atoms with Crippen LogP contribution in [0.2, 0.25) is 0 Å². The molecule has 1 aromatic rings. The van der Waals surface area contributed by atoms with E-state index in [0.717, 1.165) is 31.6 Å². The molecule has 3 nitrogen and oxygen atoms in total. The molecule has 0 radical (unpaired) electrons. The molecule has 1 aliphatic rings. The molecule has 112 valence electrons. The van der Waals surface area contributed by atoms with Crippen molar-refractivity contribution in [1.82, 2.24) is 5.32 Å². The van der Waals surface area contributed by atoms with Gasteiger partial charge in [-0.1, -0.05) is 37.3 Å². The Morgan fingerprint density at radius 1 is 1.30 bits per heavy atom. The molecule has 1 unspecified atom stereocenters. The van der Waals surface area contributed by atoms with Crippen molar-refractivity contribution in [2.75, 3.05) is 20.3 Å². The topological polar surface area (TPSA) is 41.5 Å². The van der Waals surface area contributed by atoms with E-state index in [1.54, 1.807) is 7.11 Å². The molecule has 2 rings (SSSR count). The summed E-state index contributed by atoms with van der Waals surface area (Å²) in [5, 5.41) is 14.1. The molecule has 1 aliphatic carbocycles. The molecule has 0 aromatic heterocycles. The second kappa shape index (κ2) is 7.21. The Morgan fingerprint density at radius 3 is 2.55 bits per heavy atom.